The van der Waals surface area contributed by atoms with Crippen molar-refractivity contribution in [1.82, 2.24) is 20.9 Å². The second-order valence-electron chi connectivity index (χ2n) is 8.46. The van der Waals surface area contributed by atoms with Crippen LogP contribution in [-0.4, -0.2) is 59.4 Å². The van der Waals surface area contributed by atoms with Crippen LogP contribution in [0, 0.1) is 0 Å². The molecule has 5 amide bonds. The lowest BCUT2D eigenvalue weighted by atomic mass is 10.0. The molecule has 2 aliphatic rings. The molecule has 10 heteroatoms. The SMILES string of the molecule is CC(C)(C)OC(=O)NCCN1Cc2c(C(=O)NC3CCC(=O)NC3=O)cccc2C1=O. The molecule has 1 fully saturated rings. The summed E-state index contributed by atoms with van der Waals surface area (Å²) in [6, 6.07) is 4.04. The first-order valence-electron chi connectivity index (χ1n) is 10.1. The molecule has 1 unspecified atom stereocenters. The van der Waals surface area contributed by atoms with Gasteiger partial charge in [0, 0.05) is 37.2 Å². The fourth-order valence-corrected chi connectivity index (χ4v) is 3.46. The molecule has 0 saturated carbocycles. The number of carbonyl (C=O) groups is 5. The van der Waals surface area contributed by atoms with Gasteiger partial charge in [-0.1, -0.05) is 6.07 Å². The Kier molecular flexibility index (Phi) is 6.28. The van der Waals surface area contributed by atoms with Crippen molar-refractivity contribution in [2.24, 2.45) is 0 Å². The highest BCUT2D eigenvalue weighted by atomic mass is 16.6. The summed E-state index contributed by atoms with van der Waals surface area (Å²) in [4.78, 5) is 62.0. The Balaban J connectivity index is 1.62. The fraction of sp³-hybridized carbons (Fsp3) is 0.476. The van der Waals surface area contributed by atoms with Gasteiger partial charge < -0.3 is 20.3 Å². The van der Waals surface area contributed by atoms with Gasteiger partial charge in [-0.2, -0.15) is 0 Å². The van der Waals surface area contributed by atoms with Gasteiger partial charge in [-0.3, -0.25) is 24.5 Å². The van der Waals surface area contributed by atoms with E-state index in [1.807, 2.05) is 0 Å². The number of rotatable bonds is 5. The molecule has 2 heterocycles. The number of benzene rings is 1. The molecule has 0 aromatic heterocycles. The Morgan fingerprint density at radius 3 is 2.65 bits per heavy atom. The van der Waals surface area contributed by atoms with Gasteiger partial charge in [0.05, 0.1) is 0 Å². The highest BCUT2D eigenvalue weighted by Gasteiger charge is 2.33. The molecule has 1 atom stereocenters. The van der Waals surface area contributed by atoms with E-state index in [-0.39, 0.29) is 44.3 Å². The van der Waals surface area contributed by atoms with Crippen LogP contribution in [0.25, 0.3) is 0 Å². The van der Waals surface area contributed by atoms with Crippen LogP contribution in [-0.2, 0) is 20.9 Å². The van der Waals surface area contributed by atoms with Gasteiger partial charge in [0.15, 0.2) is 0 Å². The van der Waals surface area contributed by atoms with E-state index in [4.69, 9.17) is 4.74 Å². The van der Waals surface area contributed by atoms with E-state index in [2.05, 4.69) is 16.0 Å². The van der Waals surface area contributed by atoms with Crippen LogP contribution in [0.2, 0.25) is 0 Å². The number of fused-ring (bicyclic) bond motifs is 1. The van der Waals surface area contributed by atoms with E-state index in [0.717, 1.165) is 0 Å². The van der Waals surface area contributed by atoms with Crippen molar-refractivity contribution in [2.45, 2.75) is 51.8 Å². The van der Waals surface area contributed by atoms with Crippen LogP contribution in [0.15, 0.2) is 18.2 Å². The van der Waals surface area contributed by atoms with Gasteiger partial charge in [-0.05, 0) is 44.9 Å². The highest BCUT2D eigenvalue weighted by molar-refractivity contribution is 6.07. The van der Waals surface area contributed by atoms with Crippen molar-refractivity contribution < 1.29 is 28.7 Å². The zero-order valence-corrected chi connectivity index (χ0v) is 17.7. The van der Waals surface area contributed by atoms with E-state index < -0.39 is 29.6 Å². The lowest BCUT2D eigenvalue weighted by Crippen LogP contribution is -2.52. The van der Waals surface area contributed by atoms with Crippen molar-refractivity contribution in [2.75, 3.05) is 13.1 Å². The first kappa shape index (κ1) is 22.3. The Bertz CT molecular complexity index is 936. The van der Waals surface area contributed by atoms with Gasteiger partial charge in [0.2, 0.25) is 11.8 Å². The molecule has 166 valence electrons. The maximum Gasteiger partial charge on any atom is 0.407 e. The van der Waals surface area contributed by atoms with Crippen LogP contribution in [0.4, 0.5) is 4.79 Å². The molecule has 1 saturated heterocycles. The summed E-state index contributed by atoms with van der Waals surface area (Å²) < 4.78 is 5.17. The molecule has 31 heavy (non-hydrogen) atoms. The number of piperidine rings is 1. The lowest BCUT2D eigenvalue weighted by molar-refractivity contribution is -0.134. The lowest BCUT2D eigenvalue weighted by Gasteiger charge is -2.22. The van der Waals surface area contributed by atoms with E-state index in [1.165, 1.54) is 4.90 Å². The van der Waals surface area contributed by atoms with Crippen LogP contribution in [0.1, 0.15) is 59.9 Å². The Labute approximate surface area is 179 Å². The zero-order valence-electron chi connectivity index (χ0n) is 17.7. The smallest absolute Gasteiger partial charge is 0.407 e. The average molecular weight is 430 g/mol. The van der Waals surface area contributed by atoms with Gasteiger partial charge in [0.1, 0.15) is 11.6 Å². The monoisotopic (exact) mass is 430 g/mol. The Morgan fingerprint density at radius 2 is 1.97 bits per heavy atom. The summed E-state index contributed by atoms with van der Waals surface area (Å²) >= 11 is 0. The predicted octanol–water partition coefficient (Wildman–Crippen LogP) is 0.702. The minimum absolute atomic E-state index is 0.153. The number of imide groups is 1. The number of ether oxygens (including phenoxy) is 1. The fourth-order valence-electron chi connectivity index (χ4n) is 3.46. The molecular formula is C21H26N4O6. The number of hydrogen-bond donors (Lipinski definition) is 3. The molecule has 1 aromatic rings. The summed E-state index contributed by atoms with van der Waals surface area (Å²) in [6.45, 7) is 5.94. The first-order chi connectivity index (χ1) is 14.5. The third-order valence-corrected chi connectivity index (χ3v) is 4.88. The molecule has 0 bridgehead atoms. The van der Waals surface area contributed by atoms with Crippen LogP contribution in [0.5, 0.6) is 0 Å². The van der Waals surface area contributed by atoms with Gasteiger partial charge in [-0.25, -0.2) is 4.79 Å². The van der Waals surface area contributed by atoms with Gasteiger partial charge >= 0.3 is 6.09 Å². The Morgan fingerprint density at radius 1 is 1.23 bits per heavy atom. The minimum atomic E-state index is -0.799. The molecule has 1 aromatic carbocycles. The summed E-state index contributed by atoms with van der Waals surface area (Å²) in [5.74, 6) is -1.62. The van der Waals surface area contributed by atoms with Gasteiger partial charge in [-0.15, -0.1) is 0 Å². The second kappa shape index (κ2) is 8.75. The maximum absolute atomic E-state index is 12.8. The third-order valence-electron chi connectivity index (χ3n) is 4.88. The number of nitrogens with one attached hydrogen (secondary N) is 3. The topological polar surface area (TPSA) is 134 Å². The number of alkyl carbamates (subject to hydrolysis) is 1. The molecule has 3 rings (SSSR count). The summed E-state index contributed by atoms with van der Waals surface area (Å²) in [7, 11) is 0. The number of nitrogens with zero attached hydrogens (tertiary/aromatic N) is 1. The molecule has 10 nitrogen and oxygen atoms in total. The van der Waals surface area contributed by atoms with Crippen LogP contribution in [0.3, 0.4) is 0 Å². The summed E-state index contributed by atoms with van der Waals surface area (Å²) in [6.07, 6.45) is -0.186. The normalized spacial score (nSPS) is 18.4. The van der Waals surface area contributed by atoms with E-state index in [1.54, 1.807) is 39.0 Å². The number of carbonyl (C=O) groups excluding carboxylic acids is 5. The van der Waals surface area contributed by atoms with Crippen molar-refractivity contribution in [3.8, 4) is 0 Å². The van der Waals surface area contributed by atoms with E-state index in [0.29, 0.717) is 16.7 Å². The van der Waals surface area contributed by atoms with Crippen molar-refractivity contribution in [3.05, 3.63) is 34.9 Å². The van der Waals surface area contributed by atoms with Crippen LogP contribution < -0.4 is 16.0 Å². The second-order valence-corrected chi connectivity index (χ2v) is 8.46. The summed E-state index contributed by atoms with van der Waals surface area (Å²) in [5, 5.41) is 7.44. The first-order valence-corrected chi connectivity index (χ1v) is 10.1. The molecule has 3 N–H and O–H groups in total. The average Bonchev–Trinajstić information content (AvgIpc) is 2.98. The van der Waals surface area contributed by atoms with Crippen molar-refractivity contribution in [1.29, 1.82) is 0 Å². The largest absolute Gasteiger partial charge is 0.444 e. The quantitative estimate of drug-likeness (QED) is 0.589. The standard InChI is InChI=1S/C21H26N4O6/c1-21(2,3)31-20(30)22-9-10-25-11-14-12(5-4-6-13(14)19(25)29)17(27)23-15-7-8-16(26)24-18(15)28/h4-6,15H,7-11H2,1-3H3,(H,22,30)(H,23,27)(H,24,26,28). The molecule has 0 spiro atoms. The number of amides is 5. The van der Waals surface area contributed by atoms with Crippen molar-refractivity contribution in [3.63, 3.8) is 0 Å². The molecular weight excluding hydrogens is 404 g/mol. The molecule has 0 aliphatic carbocycles. The van der Waals surface area contributed by atoms with E-state index in [9.17, 15) is 24.0 Å². The summed E-state index contributed by atoms with van der Waals surface area (Å²) in [5.41, 5.74) is 0.662. The van der Waals surface area contributed by atoms with Crippen molar-refractivity contribution >= 4 is 29.7 Å². The zero-order chi connectivity index (χ0) is 22.8. The van der Waals surface area contributed by atoms with E-state index >= 15 is 0 Å². The maximum atomic E-state index is 12.8. The Hall–Kier alpha value is -3.43. The third kappa shape index (κ3) is 5.39. The number of hydrogen-bond acceptors (Lipinski definition) is 6. The highest BCUT2D eigenvalue weighted by Crippen LogP contribution is 2.26. The predicted molar refractivity (Wildman–Crippen MR) is 109 cm³/mol. The molecule has 0 radical (unpaired) electrons. The molecule has 2 aliphatic heterocycles. The van der Waals surface area contributed by atoms with Crippen LogP contribution >= 0.6 is 0 Å². The minimum Gasteiger partial charge on any atom is -0.444 e. The van der Waals surface area contributed by atoms with Gasteiger partial charge in [0.25, 0.3) is 11.8 Å².